The molecule has 2 aromatic rings. The van der Waals surface area contributed by atoms with Crippen LogP contribution in [0.2, 0.25) is 0 Å². The zero-order valence-corrected chi connectivity index (χ0v) is 16.2. The van der Waals surface area contributed by atoms with Gasteiger partial charge in [0.2, 0.25) is 0 Å². The van der Waals surface area contributed by atoms with Gasteiger partial charge in [0, 0.05) is 52.2 Å². The monoisotopic (exact) mass is 369 g/mol. The Labute approximate surface area is 162 Å². The Kier molecular flexibility index (Phi) is 7.96. The highest BCUT2D eigenvalue weighted by Crippen LogP contribution is 2.28. The molecule has 3 rings (SSSR count). The van der Waals surface area contributed by atoms with E-state index >= 15 is 0 Å². The summed E-state index contributed by atoms with van der Waals surface area (Å²) in [6.45, 7) is 8.06. The third kappa shape index (κ3) is 6.54. The molecule has 27 heavy (non-hydrogen) atoms. The Morgan fingerprint density at radius 1 is 1.00 bits per heavy atom. The summed E-state index contributed by atoms with van der Waals surface area (Å²) in [5.74, 6) is 1.60. The average molecular weight is 370 g/mol. The highest BCUT2D eigenvalue weighted by molar-refractivity contribution is 5.43. The van der Waals surface area contributed by atoms with Gasteiger partial charge in [-0.3, -0.25) is 4.90 Å². The van der Waals surface area contributed by atoms with Gasteiger partial charge in [0.05, 0.1) is 13.7 Å². The summed E-state index contributed by atoms with van der Waals surface area (Å²) in [4.78, 5) is 2.49. The number of benzene rings is 2. The molecular formula is C22H31N3O2. The van der Waals surface area contributed by atoms with Gasteiger partial charge < -0.3 is 20.1 Å². The first-order valence-corrected chi connectivity index (χ1v) is 9.82. The van der Waals surface area contributed by atoms with E-state index in [2.05, 4.69) is 51.9 Å². The van der Waals surface area contributed by atoms with Crippen LogP contribution in [0.4, 0.5) is 0 Å². The largest absolute Gasteiger partial charge is 0.493 e. The lowest BCUT2D eigenvalue weighted by Crippen LogP contribution is -2.45. The normalized spacial score (nSPS) is 14.9. The van der Waals surface area contributed by atoms with Crippen molar-refractivity contribution in [3.05, 3.63) is 59.7 Å². The number of nitrogens with zero attached hydrogens (tertiary/aromatic N) is 1. The van der Waals surface area contributed by atoms with Crippen LogP contribution < -0.4 is 20.1 Å². The predicted octanol–water partition coefficient (Wildman–Crippen LogP) is 2.31. The second-order valence-electron chi connectivity index (χ2n) is 6.84. The first-order chi connectivity index (χ1) is 13.3. The van der Waals surface area contributed by atoms with Gasteiger partial charge in [-0.05, 0) is 23.3 Å². The lowest BCUT2D eigenvalue weighted by Gasteiger charge is -2.27. The highest BCUT2D eigenvalue weighted by Gasteiger charge is 2.09. The van der Waals surface area contributed by atoms with Crippen molar-refractivity contribution >= 4 is 0 Å². The maximum absolute atomic E-state index is 5.93. The Morgan fingerprint density at radius 2 is 1.81 bits per heavy atom. The Balaban J connectivity index is 1.42. The molecule has 0 amide bonds. The molecule has 0 bridgehead atoms. The zero-order chi connectivity index (χ0) is 18.7. The van der Waals surface area contributed by atoms with Gasteiger partial charge in [-0.1, -0.05) is 36.4 Å². The minimum atomic E-state index is 0.642. The van der Waals surface area contributed by atoms with Gasteiger partial charge >= 0.3 is 0 Å². The predicted molar refractivity (Wildman–Crippen MR) is 110 cm³/mol. The number of hydrogen-bond acceptors (Lipinski definition) is 5. The summed E-state index contributed by atoms with van der Waals surface area (Å²) < 4.78 is 11.5. The van der Waals surface area contributed by atoms with Crippen molar-refractivity contribution in [1.82, 2.24) is 15.5 Å². The molecule has 2 aromatic carbocycles. The summed E-state index contributed by atoms with van der Waals surface area (Å²) in [5.41, 5.74) is 2.49. The lowest BCUT2D eigenvalue weighted by atomic mass is 10.1. The summed E-state index contributed by atoms with van der Waals surface area (Å²) in [6, 6.07) is 16.6. The van der Waals surface area contributed by atoms with Crippen molar-refractivity contribution < 1.29 is 9.47 Å². The smallest absolute Gasteiger partial charge is 0.161 e. The molecule has 0 spiro atoms. The van der Waals surface area contributed by atoms with Gasteiger partial charge in [-0.25, -0.2) is 0 Å². The van der Waals surface area contributed by atoms with E-state index in [1.807, 2.05) is 12.1 Å². The van der Waals surface area contributed by atoms with E-state index < -0.39 is 0 Å². The van der Waals surface area contributed by atoms with E-state index in [1.54, 1.807) is 7.11 Å². The molecule has 1 fully saturated rings. The van der Waals surface area contributed by atoms with Gasteiger partial charge in [-0.15, -0.1) is 0 Å². The van der Waals surface area contributed by atoms with Crippen LogP contribution in [-0.2, 0) is 13.0 Å². The van der Waals surface area contributed by atoms with Crippen LogP contribution in [-0.4, -0.2) is 57.9 Å². The van der Waals surface area contributed by atoms with Crippen molar-refractivity contribution in [2.24, 2.45) is 0 Å². The number of nitrogens with one attached hydrogen (secondary N) is 2. The molecule has 5 heteroatoms. The molecule has 0 saturated carbocycles. The summed E-state index contributed by atoms with van der Waals surface area (Å²) in [7, 11) is 1.70. The van der Waals surface area contributed by atoms with Crippen molar-refractivity contribution in [2.75, 3.05) is 53.0 Å². The minimum Gasteiger partial charge on any atom is -0.493 e. The van der Waals surface area contributed by atoms with Gasteiger partial charge in [0.1, 0.15) is 0 Å². The summed E-state index contributed by atoms with van der Waals surface area (Å²) >= 11 is 0. The van der Waals surface area contributed by atoms with Crippen LogP contribution >= 0.6 is 0 Å². The first kappa shape index (κ1) is 19.7. The van der Waals surface area contributed by atoms with E-state index in [9.17, 15) is 0 Å². The maximum Gasteiger partial charge on any atom is 0.161 e. The fourth-order valence-corrected chi connectivity index (χ4v) is 3.27. The zero-order valence-electron chi connectivity index (χ0n) is 16.2. The SMILES string of the molecule is COc1cc(CNCCN2CCNCC2)ccc1OCCc1ccccc1. The summed E-state index contributed by atoms with van der Waals surface area (Å²) in [6.07, 6.45) is 0.888. The van der Waals surface area contributed by atoms with E-state index in [0.717, 1.165) is 63.7 Å². The summed E-state index contributed by atoms with van der Waals surface area (Å²) in [5, 5.41) is 6.91. The van der Waals surface area contributed by atoms with E-state index in [1.165, 1.54) is 11.1 Å². The van der Waals surface area contributed by atoms with Gasteiger partial charge in [0.15, 0.2) is 11.5 Å². The molecule has 1 saturated heterocycles. The second-order valence-corrected chi connectivity index (χ2v) is 6.84. The number of hydrogen-bond donors (Lipinski definition) is 2. The fourth-order valence-electron chi connectivity index (χ4n) is 3.27. The number of methoxy groups -OCH3 is 1. The molecule has 0 atom stereocenters. The molecule has 1 aliphatic heterocycles. The van der Waals surface area contributed by atoms with Crippen LogP contribution in [0.25, 0.3) is 0 Å². The maximum atomic E-state index is 5.93. The van der Waals surface area contributed by atoms with Crippen molar-refractivity contribution in [1.29, 1.82) is 0 Å². The minimum absolute atomic E-state index is 0.642. The quantitative estimate of drug-likeness (QED) is 0.630. The molecule has 0 aliphatic carbocycles. The average Bonchev–Trinajstić information content (AvgIpc) is 2.73. The first-order valence-electron chi connectivity index (χ1n) is 9.82. The molecule has 0 unspecified atom stereocenters. The number of ether oxygens (including phenoxy) is 2. The van der Waals surface area contributed by atoms with Crippen LogP contribution in [0.15, 0.2) is 48.5 Å². The Morgan fingerprint density at radius 3 is 2.59 bits per heavy atom. The molecule has 146 valence electrons. The number of piperazine rings is 1. The van der Waals surface area contributed by atoms with Crippen LogP contribution in [0.5, 0.6) is 11.5 Å². The number of rotatable bonds is 10. The standard InChI is InChI=1S/C22H31N3O2/c1-26-22-17-20(18-24-12-15-25-13-10-23-11-14-25)7-8-21(22)27-16-9-19-5-3-2-4-6-19/h2-8,17,23-24H,9-16,18H2,1H3. The molecule has 5 nitrogen and oxygen atoms in total. The Hall–Kier alpha value is -2.08. The second kappa shape index (κ2) is 10.9. The van der Waals surface area contributed by atoms with Crippen molar-refractivity contribution in [3.8, 4) is 11.5 Å². The van der Waals surface area contributed by atoms with E-state index in [-0.39, 0.29) is 0 Å². The third-order valence-electron chi connectivity index (χ3n) is 4.86. The van der Waals surface area contributed by atoms with E-state index in [4.69, 9.17) is 9.47 Å². The van der Waals surface area contributed by atoms with Crippen molar-refractivity contribution in [2.45, 2.75) is 13.0 Å². The van der Waals surface area contributed by atoms with Crippen LogP contribution in [0.3, 0.4) is 0 Å². The molecule has 2 N–H and O–H groups in total. The molecule has 0 aromatic heterocycles. The molecular weight excluding hydrogens is 338 g/mol. The Bertz CT molecular complexity index is 673. The van der Waals surface area contributed by atoms with Crippen LogP contribution in [0, 0.1) is 0 Å². The molecule has 1 heterocycles. The van der Waals surface area contributed by atoms with E-state index in [0.29, 0.717) is 6.61 Å². The fraction of sp³-hybridized carbons (Fsp3) is 0.455. The van der Waals surface area contributed by atoms with Crippen molar-refractivity contribution in [3.63, 3.8) is 0 Å². The molecule has 1 aliphatic rings. The van der Waals surface area contributed by atoms with Gasteiger partial charge in [-0.2, -0.15) is 0 Å². The molecule has 0 radical (unpaired) electrons. The lowest BCUT2D eigenvalue weighted by molar-refractivity contribution is 0.241. The highest BCUT2D eigenvalue weighted by atomic mass is 16.5. The van der Waals surface area contributed by atoms with Crippen LogP contribution in [0.1, 0.15) is 11.1 Å². The van der Waals surface area contributed by atoms with Gasteiger partial charge in [0.25, 0.3) is 0 Å². The third-order valence-corrected chi connectivity index (χ3v) is 4.86. The topological polar surface area (TPSA) is 45.8 Å².